The zero-order valence-corrected chi connectivity index (χ0v) is 8.09. The number of ether oxygens (including phenoxy) is 1. The summed E-state index contributed by atoms with van der Waals surface area (Å²) in [4.78, 5) is 11.3. The molecule has 0 aliphatic carbocycles. The summed E-state index contributed by atoms with van der Waals surface area (Å²) < 4.78 is 4.73. The van der Waals surface area contributed by atoms with Crippen LogP contribution in [-0.2, 0) is 4.74 Å². The number of hydrogen-bond donors (Lipinski definition) is 3. The van der Waals surface area contributed by atoms with Crippen LogP contribution in [0.2, 0.25) is 0 Å². The molecule has 0 saturated heterocycles. The highest BCUT2D eigenvalue weighted by Crippen LogP contribution is 2.06. The van der Waals surface area contributed by atoms with Crippen LogP contribution >= 0.6 is 0 Å². The first kappa shape index (κ1) is 11.5. The van der Waals surface area contributed by atoms with Crippen LogP contribution in [0.1, 0.15) is 10.4 Å². The van der Waals surface area contributed by atoms with E-state index < -0.39 is 18.7 Å². The highest BCUT2D eigenvalue weighted by Gasteiger charge is 2.09. The smallest absolute Gasteiger partial charge is 0.338 e. The molecule has 82 valence electrons. The number of rotatable bonds is 4. The molecule has 1 rings (SSSR count). The summed E-state index contributed by atoms with van der Waals surface area (Å²) >= 11 is 0. The molecule has 0 aliphatic heterocycles. The SMILES string of the molecule is Nc1ccc(C(=O)OC[C@@H](O)CO)cc1. The Balaban J connectivity index is 2.50. The number of carbonyl (C=O) groups excluding carboxylic acids is 1. The summed E-state index contributed by atoms with van der Waals surface area (Å²) in [5.41, 5.74) is 6.36. The maximum absolute atomic E-state index is 11.3. The Morgan fingerprint density at radius 2 is 2.00 bits per heavy atom. The summed E-state index contributed by atoms with van der Waals surface area (Å²) in [7, 11) is 0. The molecule has 0 radical (unpaired) electrons. The number of aliphatic hydroxyl groups excluding tert-OH is 2. The van der Waals surface area contributed by atoms with Gasteiger partial charge < -0.3 is 20.7 Å². The number of esters is 1. The lowest BCUT2D eigenvalue weighted by Gasteiger charge is -2.08. The van der Waals surface area contributed by atoms with E-state index in [1.54, 1.807) is 12.1 Å². The van der Waals surface area contributed by atoms with Gasteiger partial charge in [-0.2, -0.15) is 0 Å². The zero-order valence-electron chi connectivity index (χ0n) is 8.09. The van der Waals surface area contributed by atoms with Gasteiger partial charge in [0.2, 0.25) is 0 Å². The fraction of sp³-hybridized carbons (Fsp3) is 0.300. The van der Waals surface area contributed by atoms with E-state index in [-0.39, 0.29) is 6.61 Å². The minimum absolute atomic E-state index is 0.223. The number of nitrogens with two attached hydrogens (primary N) is 1. The van der Waals surface area contributed by atoms with E-state index in [4.69, 9.17) is 20.7 Å². The molecule has 0 saturated carbocycles. The molecule has 0 unspecified atom stereocenters. The average Bonchev–Trinajstić information content (AvgIpc) is 2.26. The van der Waals surface area contributed by atoms with Crippen LogP contribution in [0.25, 0.3) is 0 Å². The Hall–Kier alpha value is -1.59. The van der Waals surface area contributed by atoms with Crippen molar-refractivity contribution in [1.29, 1.82) is 0 Å². The Labute approximate surface area is 87.1 Å². The molecule has 0 amide bonds. The molecule has 0 fully saturated rings. The quantitative estimate of drug-likeness (QED) is 0.473. The number of hydrogen-bond acceptors (Lipinski definition) is 5. The number of carbonyl (C=O) groups is 1. The summed E-state index contributed by atoms with van der Waals surface area (Å²) in [6.07, 6.45) is -1.04. The Kier molecular flexibility index (Phi) is 4.08. The summed E-state index contributed by atoms with van der Waals surface area (Å²) in [6.45, 7) is -0.658. The van der Waals surface area contributed by atoms with E-state index in [1.165, 1.54) is 12.1 Å². The van der Waals surface area contributed by atoms with Gasteiger partial charge in [-0.05, 0) is 24.3 Å². The summed E-state index contributed by atoms with van der Waals surface area (Å²) in [5, 5.41) is 17.4. The van der Waals surface area contributed by atoms with Crippen molar-refractivity contribution >= 4 is 11.7 Å². The van der Waals surface area contributed by atoms with Crippen molar-refractivity contribution in [2.45, 2.75) is 6.10 Å². The molecule has 4 N–H and O–H groups in total. The lowest BCUT2D eigenvalue weighted by Crippen LogP contribution is -2.21. The minimum atomic E-state index is -1.04. The molecule has 0 spiro atoms. The third kappa shape index (κ3) is 3.57. The zero-order chi connectivity index (χ0) is 11.3. The van der Waals surface area contributed by atoms with Gasteiger partial charge >= 0.3 is 5.97 Å². The van der Waals surface area contributed by atoms with Crippen molar-refractivity contribution in [3.8, 4) is 0 Å². The molecule has 15 heavy (non-hydrogen) atoms. The molecule has 0 aromatic heterocycles. The number of aliphatic hydroxyl groups is 2. The van der Waals surface area contributed by atoms with E-state index >= 15 is 0 Å². The Bertz CT molecular complexity index is 323. The van der Waals surface area contributed by atoms with Gasteiger partial charge in [0.25, 0.3) is 0 Å². The van der Waals surface area contributed by atoms with E-state index in [0.717, 1.165) is 0 Å². The number of anilines is 1. The fourth-order valence-electron chi connectivity index (χ4n) is 0.927. The lowest BCUT2D eigenvalue weighted by atomic mass is 10.2. The second-order valence-corrected chi connectivity index (χ2v) is 3.06. The van der Waals surface area contributed by atoms with Gasteiger partial charge in [-0.1, -0.05) is 0 Å². The monoisotopic (exact) mass is 211 g/mol. The van der Waals surface area contributed by atoms with Crippen molar-refractivity contribution in [3.63, 3.8) is 0 Å². The van der Waals surface area contributed by atoms with Gasteiger partial charge in [0, 0.05) is 5.69 Å². The van der Waals surface area contributed by atoms with E-state index in [2.05, 4.69) is 0 Å². The maximum Gasteiger partial charge on any atom is 0.338 e. The largest absolute Gasteiger partial charge is 0.459 e. The van der Waals surface area contributed by atoms with Crippen molar-refractivity contribution in [3.05, 3.63) is 29.8 Å². The van der Waals surface area contributed by atoms with Crippen LogP contribution in [0.4, 0.5) is 5.69 Å². The van der Waals surface area contributed by atoms with Crippen LogP contribution in [0.15, 0.2) is 24.3 Å². The Morgan fingerprint density at radius 1 is 1.40 bits per heavy atom. The molecular formula is C10H13NO4. The second-order valence-electron chi connectivity index (χ2n) is 3.06. The van der Waals surface area contributed by atoms with Crippen molar-refractivity contribution in [1.82, 2.24) is 0 Å². The van der Waals surface area contributed by atoms with E-state index in [9.17, 15) is 4.79 Å². The van der Waals surface area contributed by atoms with Crippen molar-refractivity contribution in [2.24, 2.45) is 0 Å². The first-order valence-electron chi connectivity index (χ1n) is 4.45. The Morgan fingerprint density at radius 3 is 2.53 bits per heavy atom. The van der Waals surface area contributed by atoms with Gasteiger partial charge in [-0.15, -0.1) is 0 Å². The first-order chi connectivity index (χ1) is 7.13. The molecule has 1 aromatic rings. The summed E-state index contributed by atoms with van der Waals surface area (Å²) in [6, 6.07) is 6.23. The minimum Gasteiger partial charge on any atom is -0.459 e. The molecule has 0 aliphatic rings. The molecule has 1 atom stereocenters. The number of nitrogen functional groups attached to an aromatic ring is 1. The topological polar surface area (TPSA) is 92.8 Å². The van der Waals surface area contributed by atoms with E-state index in [0.29, 0.717) is 11.3 Å². The molecule has 0 bridgehead atoms. The fourth-order valence-corrected chi connectivity index (χ4v) is 0.927. The first-order valence-corrected chi connectivity index (χ1v) is 4.45. The van der Waals surface area contributed by atoms with Gasteiger partial charge in [0.1, 0.15) is 12.7 Å². The maximum atomic E-state index is 11.3. The van der Waals surface area contributed by atoms with Crippen molar-refractivity contribution < 1.29 is 19.7 Å². The third-order valence-corrected chi connectivity index (χ3v) is 1.76. The van der Waals surface area contributed by atoms with Gasteiger partial charge in [0.05, 0.1) is 12.2 Å². The predicted molar refractivity (Wildman–Crippen MR) is 54.2 cm³/mol. The third-order valence-electron chi connectivity index (χ3n) is 1.76. The molecule has 5 heteroatoms. The van der Waals surface area contributed by atoms with Gasteiger partial charge in [-0.3, -0.25) is 0 Å². The van der Waals surface area contributed by atoms with Gasteiger partial charge in [-0.25, -0.2) is 4.79 Å². The van der Waals surface area contributed by atoms with Crippen LogP contribution in [-0.4, -0.2) is 35.5 Å². The second kappa shape index (κ2) is 5.33. The molecule has 5 nitrogen and oxygen atoms in total. The average molecular weight is 211 g/mol. The normalized spacial score (nSPS) is 12.1. The molecule has 0 heterocycles. The van der Waals surface area contributed by atoms with Gasteiger partial charge in [0.15, 0.2) is 0 Å². The van der Waals surface area contributed by atoms with Crippen molar-refractivity contribution in [2.75, 3.05) is 18.9 Å². The predicted octanol–water partition coefficient (Wildman–Crippen LogP) is -0.221. The van der Waals surface area contributed by atoms with E-state index in [1.807, 2.05) is 0 Å². The van der Waals surface area contributed by atoms with Crippen LogP contribution < -0.4 is 5.73 Å². The molecular weight excluding hydrogens is 198 g/mol. The van der Waals surface area contributed by atoms with Crippen LogP contribution in [0.3, 0.4) is 0 Å². The highest BCUT2D eigenvalue weighted by molar-refractivity contribution is 5.89. The molecule has 1 aromatic carbocycles. The lowest BCUT2D eigenvalue weighted by molar-refractivity contribution is 0.00933. The van der Waals surface area contributed by atoms with Crippen LogP contribution in [0, 0.1) is 0 Å². The number of benzene rings is 1. The van der Waals surface area contributed by atoms with Crippen LogP contribution in [0.5, 0.6) is 0 Å². The standard InChI is InChI=1S/C10H13NO4/c11-8-3-1-7(2-4-8)10(14)15-6-9(13)5-12/h1-4,9,12-13H,5-6,11H2/t9-/m0/s1. The highest BCUT2D eigenvalue weighted by atomic mass is 16.5. The summed E-state index contributed by atoms with van der Waals surface area (Å²) in [5.74, 6) is -0.553.